The van der Waals surface area contributed by atoms with Gasteiger partial charge in [-0.1, -0.05) is 19.1 Å². The fourth-order valence-corrected chi connectivity index (χ4v) is 4.78. The average molecular weight is 414 g/mol. The summed E-state index contributed by atoms with van der Waals surface area (Å²) < 4.78 is 3.58. The number of carbonyl (C=O) groups excluding carboxylic acids is 2. The highest BCUT2D eigenvalue weighted by Gasteiger charge is 2.48. The Morgan fingerprint density at radius 1 is 1.26 bits per heavy atom. The molecular formula is C23H22N6O2. The number of nitrogens with zero attached hydrogens (tertiary/aromatic N) is 5. The smallest absolute Gasteiger partial charge is 0.259 e. The Morgan fingerprint density at radius 2 is 2.10 bits per heavy atom. The molecule has 0 saturated heterocycles. The quantitative estimate of drug-likeness (QED) is 0.506. The van der Waals surface area contributed by atoms with Crippen LogP contribution in [0.25, 0.3) is 5.65 Å². The summed E-state index contributed by atoms with van der Waals surface area (Å²) in [5, 5.41) is 11.5. The molecule has 3 aromatic heterocycles. The van der Waals surface area contributed by atoms with Gasteiger partial charge in [-0.3, -0.25) is 14.0 Å². The van der Waals surface area contributed by atoms with Gasteiger partial charge in [-0.05, 0) is 48.6 Å². The molecule has 0 spiro atoms. The molecule has 1 fully saturated rings. The van der Waals surface area contributed by atoms with Gasteiger partial charge in [0.25, 0.3) is 5.91 Å². The molecule has 0 atom stereocenters. The molecule has 8 nitrogen and oxygen atoms in total. The van der Waals surface area contributed by atoms with Crippen molar-refractivity contribution < 1.29 is 9.59 Å². The largest absolute Gasteiger partial charge is 0.322 e. The van der Waals surface area contributed by atoms with Gasteiger partial charge < -0.3 is 9.88 Å². The molecule has 1 N–H and O–H groups in total. The van der Waals surface area contributed by atoms with Crippen molar-refractivity contribution in [3.8, 4) is 0 Å². The molecule has 1 aliphatic carbocycles. The van der Waals surface area contributed by atoms with Crippen molar-refractivity contribution in [2.24, 2.45) is 13.0 Å². The molecule has 0 unspecified atom stereocenters. The molecule has 0 radical (unpaired) electrons. The first-order valence-electron chi connectivity index (χ1n) is 10.2. The third kappa shape index (κ3) is 3.02. The average Bonchev–Trinajstić information content (AvgIpc) is 3.37. The van der Waals surface area contributed by atoms with E-state index in [-0.39, 0.29) is 11.3 Å². The van der Waals surface area contributed by atoms with Gasteiger partial charge in [-0.15, -0.1) is 10.2 Å². The predicted molar refractivity (Wildman–Crippen MR) is 115 cm³/mol. The number of aldehydes is 1. The number of fused-ring (bicyclic) bond motifs is 1. The zero-order chi connectivity index (χ0) is 21.6. The molecule has 1 saturated carbocycles. The number of aryl methyl sites for hydroxylation is 1. The fraction of sp³-hybridized carbons (Fsp3) is 0.261. The Morgan fingerprint density at radius 3 is 2.81 bits per heavy atom. The maximum Gasteiger partial charge on any atom is 0.259 e. The highest BCUT2D eigenvalue weighted by molar-refractivity contribution is 6.08. The molecule has 4 aromatic rings. The Bertz CT molecular complexity index is 1300. The van der Waals surface area contributed by atoms with E-state index in [1.54, 1.807) is 29.1 Å². The number of hydrogen-bond donors (Lipinski definition) is 1. The molecule has 8 heteroatoms. The zero-order valence-electron chi connectivity index (χ0n) is 17.3. The number of hydrogen-bond acceptors (Lipinski definition) is 5. The standard InChI is InChI=1S/C23H22N6O2/c1-15-10-23(11-15,22-27-25-14-28(22)2)16-5-3-6-17(9-16)26-21(31)19-7-4-8-29-18(13-30)12-24-20(19)29/h3-9,12-15H,10-11H2,1-2H3,(H,26,31). The predicted octanol–water partition coefficient (Wildman–Crippen LogP) is 3.24. The second-order valence-corrected chi connectivity index (χ2v) is 8.31. The van der Waals surface area contributed by atoms with Crippen molar-refractivity contribution in [3.05, 3.63) is 77.8 Å². The summed E-state index contributed by atoms with van der Waals surface area (Å²) in [6.07, 6.45) is 7.59. The number of benzene rings is 1. The minimum atomic E-state index is -0.277. The van der Waals surface area contributed by atoms with E-state index in [9.17, 15) is 9.59 Å². The van der Waals surface area contributed by atoms with Crippen LogP contribution < -0.4 is 5.32 Å². The van der Waals surface area contributed by atoms with E-state index >= 15 is 0 Å². The number of anilines is 1. The van der Waals surface area contributed by atoms with Gasteiger partial charge in [0.05, 0.1) is 17.2 Å². The van der Waals surface area contributed by atoms with Crippen molar-refractivity contribution in [1.82, 2.24) is 24.1 Å². The van der Waals surface area contributed by atoms with Crippen molar-refractivity contribution in [3.63, 3.8) is 0 Å². The second kappa shape index (κ2) is 7.16. The van der Waals surface area contributed by atoms with Crippen molar-refractivity contribution in [2.75, 3.05) is 5.32 Å². The van der Waals surface area contributed by atoms with Crippen LogP contribution in [0.1, 0.15) is 52.0 Å². The van der Waals surface area contributed by atoms with Crippen LogP contribution in [0.5, 0.6) is 0 Å². The first-order valence-corrected chi connectivity index (χ1v) is 10.2. The van der Waals surface area contributed by atoms with Gasteiger partial charge in [-0.25, -0.2) is 4.98 Å². The number of aromatic nitrogens is 5. The van der Waals surface area contributed by atoms with E-state index in [0.29, 0.717) is 28.5 Å². The van der Waals surface area contributed by atoms with E-state index in [1.165, 1.54) is 6.20 Å². The lowest BCUT2D eigenvalue weighted by molar-refractivity contribution is 0.102. The van der Waals surface area contributed by atoms with Gasteiger partial charge in [0.2, 0.25) is 0 Å². The lowest BCUT2D eigenvalue weighted by Gasteiger charge is -2.46. The number of rotatable bonds is 5. The van der Waals surface area contributed by atoms with E-state index in [1.807, 2.05) is 29.8 Å². The number of amides is 1. The molecular weight excluding hydrogens is 392 g/mol. The Hall–Kier alpha value is -3.81. The molecule has 156 valence electrons. The third-order valence-corrected chi connectivity index (χ3v) is 6.14. The van der Waals surface area contributed by atoms with Gasteiger partial charge in [0.1, 0.15) is 23.5 Å². The van der Waals surface area contributed by atoms with Crippen molar-refractivity contribution in [1.29, 1.82) is 0 Å². The Balaban J connectivity index is 1.48. The number of carbonyl (C=O) groups is 2. The minimum absolute atomic E-state index is 0.201. The Kier molecular flexibility index (Phi) is 4.43. The van der Waals surface area contributed by atoms with Crippen LogP contribution in [0.4, 0.5) is 5.69 Å². The molecule has 0 bridgehead atoms. The van der Waals surface area contributed by atoms with Gasteiger partial charge in [0.15, 0.2) is 6.29 Å². The second-order valence-electron chi connectivity index (χ2n) is 8.31. The van der Waals surface area contributed by atoms with Crippen molar-refractivity contribution in [2.45, 2.75) is 25.2 Å². The van der Waals surface area contributed by atoms with Crippen molar-refractivity contribution >= 4 is 23.5 Å². The number of imidazole rings is 1. The van der Waals surface area contributed by atoms with Gasteiger partial charge >= 0.3 is 0 Å². The Labute approximate surface area is 178 Å². The fourth-order valence-electron chi connectivity index (χ4n) is 4.78. The molecule has 1 aliphatic rings. The summed E-state index contributed by atoms with van der Waals surface area (Å²) in [6.45, 7) is 2.24. The van der Waals surface area contributed by atoms with Crippen LogP contribution in [-0.4, -0.2) is 36.3 Å². The van der Waals surface area contributed by atoms with E-state index in [4.69, 9.17) is 0 Å². The number of pyridine rings is 1. The molecule has 3 heterocycles. The minimum Gasteiger partial charge on any atom is -0.322 e. The van der Waals surface area contributed by atoms with E-state index in [2.05, 4.69) is 33.5 Å². The summed E-state index contributed by atoms with van der Waals surface area (Å²) in [4.78, 5) is 28.5. The SMILES string of the molecule is CC1CC(c2cccc(NC(=O)c3cccn4c(C=O)cnc34)c2)(c2nncn2C)C1. The highest BCUT2D eigenvalue weighted by atomic mass is 16.1. The summed E-state index contributed by atoms with van der Waals surface area (Å²) in [7, 11) is 1.96. The van der Waals surface area contributed by atoms with E-state index in [0.717, 1.165) is 30.5 Å². The van der Waals surface area contributed by atoms with Crippen LogP contribution >= 0.6 is 0 Å². The van der Waals surface area contributed by atoms with Crippen LogP contribution in [0.2, 0.25) is 0 Å². The topological polar surface area (TPSA) is 94.2 Å². The van der Waals surface area contributed by atoms with Crippen LogP contribution in [0, 0.1) is 5.92 Å². The summed E-state index contributed by atoms with van der Waals surface area (Å²) >= 11 is 0. The van der Waals surface area contributed by atoms with Crippen LogP contribution in [-0.2, 0) is 12.5 Å². The monoisotopic (exact) mass is 414 g/mol. The first kappa shape index (κ1) is 19.2. The molecule has 5 rings (SSSR count). The van der Waals surface area contributed by atoms with Gasteiger partial charge in [-0.2, -0.15) is 0 Å². The van der Waals surface area contributed by atoms with Crippen LogP contribution in [0.15, 0.2) is 55.1 Å². The lowest BCUT2D eigenvalue weighted by Crippen LogP contribution is -2.43. The summed E-state index contributed by atoms with van der Waals surface area (Å²) in [5.74, 6) is 1.26. The summed E-state index contributed by atoms with van der Waals surface area (Å²) in [6, 6.07) is 11.3. The number of nitrogens with one attached hydrogen (secondary N) is 1. The maximum atomic E-state index is 13.0. The zero-order valence-corrected chi connectivity index (χ0v) is 17.3. The van der Waals surface area contributed by atoms with Gasteiger partial charge in [0, 0.05) is 18.9 Å². The molecule has 1 aromatic carbocycles. The lowest BCUT2D eigenvalue weighted by atomic mass is 9.58. The highest BCUT2D eigenvalue weighted by Crippen LogP contribution is 2.51. The molecule has 1 amide bonds. The first-order chi connectivity index (χ1) is 15.0. The molecule has 0 aliphatic heterocycles. The third-order valence-electron chi connectivity index (χ3n) is 6.14. The molecule has 31 heavy (non-hydrogen) atoms. The van der Waals surface area contributed by atoms with E-state index < -0.39 is 0 Å². The summed E-state index contributed by atoms with van der Waals surface area (Å²) in [5.41, 5.74) is 2.86. The maximum absolute atomic E-state index is 13.0. The normalized spacial score (nSPS) is 20.4. The van der Waals surface area contributed by atoms with Crippen LogP contribution in [0.3, 0.4) is 0 Å².